The molecule has 0 radical (unpaired) electrons. The molecule has 0 spiro atoms. The monoisotopic (exact) mass is 355 g/mol. The Labute approximate surface area is 133 Å². The Morgan fingerprint density at radius 3 is 2.65 bits per heavy atom. The normalized spacial score (nSPS) is 11.0. The van der Waals surface area contributed by atoms with Crippen molar-refractivity contribution in [3.8, 4) is 11.3 Å². The Bertz CT molecular complexity index is 607. The van der Waals surface area contributed by atoms with Crippen molar-refractivity contribution in [2.45, 2.75) is 39.7 Å². The van der Waals surface area contributed by atoms with Gasteiger partial charge >= 0.3 is 0 Å². The zero-order valence-corrected chi connectivity index (χ0v) is 14.1. The quantitative estimate of drug-likeness (QED) is 0.827. The number of nitrogens with two attached hydrogens (primary N) is 1. The molecule has 1 aromatic heterocycles. The second kappa shape index (κ2) is 6.64. The lowest BCUT2D eigenvalue weighted by Crippen LogP contribution is -2.06. The molecular formula is C15H19BrClN3. The first-order valence-electron chi connectivity index (χ1n) is 6.88. The van der Waals surface area contributed by atoms with Crippen molar-refractivity contribution in [3.05, 3.63) is 33.5 Å². The SMILES string of the molecule is CCCc1nc(-c2ccc(Br)c(Cl)c2)c(N)n1CCC. The van der Waals surface area contributed by atoms with Gasteiger partial charge in [0.2, 0.25) is 0 Å². The van der Waals surface area contributed by atoms with Gasteiger partial charge in [-0.15, -0.1) is 0 Å². The fraction of sp³-hybridized carbons (Fsp3) is 0.400. The van der Waals surface area contributed by atoms with Crippen LogP contribution in [-0.4, -0.2) is 9.55 Å². The number of rotatable bonds is 5. The van der Waals surface area contributed by atoms with Crippen LogP contribution in [0.4, 0.5) is 5.82 Å². The van der Waals surface area contributed by atoms with Crippen LogP contribution in [0.5, 0.6) is 0 Å². The van der Waals surface area contributed by atoms with Gasteiger partial charge in [0.25, 0.3) is 0 Å². The van der Waals surface area contributed by atoms with E-state index in [1.165, 1.54) is 0 Å². The van der Waals surface area contributed by atoms with Crippen molar-refractivity contribution in [2.24, 2.45) is 0 Å². The van der Waals surface area contributed by atoms with E-state index < -0.39 is 0 Å². The number of aryl methyl sites for hydroxylation is 1. The maximum Gasteiger partial charge on any atom is 0.131 e. The highest BCUT2D eigenvalue weighted by atomic mass is 79.9. The van der Waals surface area contributed by atoms with Gasteiger partial charge in [-0.3, -0.25) is 0 Å². The highest BCUT2D eigenvalue weighted by Crippen LogP contribution is 2.32. The minimum Gasteiger partial charge on any atom is -0.383 e. The average molecular weight is 357 g/mol. The third-order valence-corrected chi connectivity index (χ3v) is 4.43. The zero-order chi connectivity index (χ0) is 14.7. The molecule has 1 heterocycles. The van der Waals surface area contributed by atoms with E-state index in [-0.39, 0.29) is 0 Å². The van der Waals surface area contributed by atoms with Gasteiger partial charge in [0.05, 0.1) is 5.02 Å². The van der Waals surface area contributed by atoms with E-state index in [1.807, 2.05) is 18.2 Å². The second-order valence-electron chi connectivity index (χ2n) is 4.79. The van der Waals surface area contributed by atoms with E-state index in [9.17, 15) is 0 Å². The van der Waals surface area contributed by atoms with Crippen molar-refractivity contribution in [1.29, 1.82) is 0 Å². The summed E-state index contributed by atoms with van der Waals surface area (Å²) < 4.78 is 3.00. The smallest absolute Gasteiger partial charge is 0.131 e. The van der Waals surface area contributed by atoms with Crippen molar-refractivity contribution in [1.82, 2.24) is 9.55 Å². The van der Waals surface area contributed by atoms with Crippen LogP contribution in [-0.2, 0) is 13.0 Å². The van der Waals surface area contributed by atoms with E-state index >= 15 is 0 Å². The molecule has 0 atom stereocenters. The predicted octanol–water partition coefficient (Wildman–Crippen LogP) is 4.91. The third-order valence-electron chi connectivity index (χ3n) is 3.20. The van der Waals surface area contributed by atoms with E-state index in [4.69, 9.17) is 22.3 Å². The summed E-state index contributed by atoms with van der Waals surface area (Å²) in [5, 5.41) is 0.670. The molecule has 0 saturated heterocycles. The van der Waals surface area contributed by atoms with Gasteiger partial charge < -0.3 is 10.3 Å². The number of nitrogens with zero attached hydrogens (tertiary/aromatic N) is 2. The molecule has 0 fully saturated rings. The van der Waals surface area contributed by atoms with E-state index in [0.29, 0.717) is 5.02 Å². The van der Waals surface area contributed by atoms with Crippen molar-refractivity contribution < 1.29 is 0 Å². The largest absolute Gasteiger partial charge is 0.383 e. The van der Waals surface area contributed by atoms with Gasteiger partial charge in [0.15, 0.2) is 0 Å². The molecule has 2 aromatic rings. The number of benzene rings is 1. The Kier molecular flexibility index (Phi) is 5.11. The molecule has 2 N–H and O–H groups in total. The maximum atomic E-state index is 6.29. The summed E-state index contributed by atoms with van der Waals surface area (Å²) >= 11 is 9.56. The van der Waals surface area contributed by atoms with Gasteiger partial charge in [-0.25, -0.2) is 4.98 Å². The Balaban J connectivity index is 2.50. The molecule has 0 aliphatic heterocycles. The zero-order valence-electron chi connectivity index (χ0n) is 11.8. The molecule has 0 bridgehead atoms. The highest BCUT2D eigenvalue weighted by molar-refractivity contribution is 9.10. The van der Waals surface area contributed by atoms with E-state index in [0.717, 1.165) is 53.2 Å². The molecule has 0 unspecified atom stereocenters. The molecular weight excluding hydrogens is 338 g/mol. The summed E-state index contributed by atoms with van der Waals surface area (Å²) in [5.41, 5.74) is 8.08. The third kappa shape index (κ3) is 3.01. The number of halogens is 2. The van der Waals surface area contributed by atoms with E-state index in [1.54, 1.807) is 0 Å². The van der Waals surface area contributed by atoms with Crippen LogP contribution in [0.2, 0.25) is 5.02 Å². The fourth-order valence-electron chi connectivity index (χ4n) is 2.26. The van der Waals surface area contributed by atoms with Gasteiger partial charge in [-0.2, -0.15) is 0 Å². The topological polar surface area (TPSA) is 43.8 Å². The highest BCUT2D eigenvalue weighted by Gasteiger charge is 2.15. The minimum absolute atomic E-state index is 0.670. The number of hydrogen-bond acceptors (Lipinski definition) is 2. The Hall–Kier alpha value is -1.00. The second-order valence-corrected chi connectivity index (χ2v) is 6.05. The summed E-state index contributed by atoms with van der Waals surface area (Å²) in [6.45, 7) is 5.20. The maximum absolute atomic E-state index is 6.29. The first-order valence-corrected chi connectivity index (χ1v) is 8.05. The number of imidazole rings is 1. The van der Waals surface area contributed by atoms with Crippen LogP contribution in [0.15, 0.2) is 22.7 Å². The van der Waals surface area contributed by atoms with Crippen LogP contribution in [0.1, 0.15) is 32.5 Å². The van der Waals surface area contributed by atoms with Crippen LogP contribution < -0.4 is 5.73 Å². The van der Waals surface area contributed by atoms with Crippen LogP contribution in [0.25, 0.3) is 11.3 Å². The van der Waals surface area contributed by atoms with Crippen LogP contribution >= 0.6 is 27.5 Å². The molecule has 0 aliphatic carbocycles. The predicted molar refractivity (Wildman–Crippen MR) is 89.1 cm³/mol. The first-order chi connectivity index (χ1) is 9.58. The molecule has 5 heteroatoms. The van der Waals surface area contributed by atoms with Gasteiger partial charge in [-0.05, 0) is 40.9 Å². The minimum atomic E-state index is 0.670. The van der Waals surface area contributed by atoms with E-state index in [2.05, 4.69) is 34.3 Å². The lowest BCUT2D eigenvalue weighted by Gasteiger charge is -2.07. The van der Waals surface area contributed by atoms with Crippen molar-refractivity contribution in [2.75, 3.05) is 5.73 Å². The standard InChI is InChI=1S/C15H19BrClN3/c1-3-5-13-19-14(15(18)20(13)8-4-2)10-6-7-11(16)12(17)9-10/h6-7,9H,3-5,8,18H2,1-2H3. The van der Waals surface area contributed by atoms with Crippen molar-refractivity contribution in [3.63, 3.8) is 0 Å². The lowest BCUT2D eigenvalue weighted by molar-refractivity contribution is 0.637. The van der Waals surface area contributed by atoms with Gasteiger partial charge in [-0.1, -0.05) is 31.5 Å². The number of nitrogen functional groups attached to an aromatic ring is 1. The molecule has 20 heavy (non-hydrogen) atoms. The molecule has 108 valence electrons. The summed E-state index contributed by atoms with van der Waals surface area (Å²) in [6.07, 6.45) is 3.03. The molecule has 0 amide bonds. The number of anilines is 1. The summed E-state index contributed by atoms with van der Waals surface area (Å²) in [7, 11) is 0. The van der Waals surface area contributed by atoms with Crippen LogP contribution in [0, 0.1) is 0 Å². The van der Waals surface area contributed by atoms with Gasteiger partial charge in [0, 0.05) is 23.0 Å². The number of hydrogen-bond donors (Lipinski definition) is 1. The molecule has 0 aliphatic rings. The van der Waals surface area contributed by atoms with Crippen molar-refractivity contribution >= 4 is 33.3 Å². The summed E-state index contributed by atoms with van der Waals surface area (Å²) in [5.74, 6) is 1.79. The first kappa shape index (κ1) is 15.4. The summed E-state index contributed by atoms with van der Waals surface area (Å²) in [4.78, 5) is 4.72. The molecule has 1 aromatic carbocycles. The van der Waals surface area contributed by atoms with Crippen LogP contribution in [0.3, 0.4) is 0 Å². The summed E-state index contributed by atoms with van der Waals surface area (Å²) in [6, 6.07) is 5.81. The Morgan fingerprint density at radius 2 is 2.05 bits per heavy atom. The average Bonchev–Trinajstić information content (AvgIpc) is 2.72. The lowest BCUT2D eigenvalue weighted by atomic mass is 10.1. The molecule has 2 rings (SSSR count). The fourth-order valence-corrected chi connectivity index (χ4v) is 2.68. The number of aromatic nitrogens is 2. The molecule has 3 nitrogen and oxygen atoms in total. The van der Waals surface area contributed by atoms with Gasteiger partial charge in [0.1, 0.15) is 17.3 Å². The molecule has 0 saturated carbocycles. The Morgan fingerprint density at radius 1 is 1.30 bits per heavy atom.